The van der Waals surface area contributed by atoms with Crippen LogP contribution in [-0.4, -0.2) is 47.4 Å². The van der Waals surface area contributed by atoms with Gasteiger partial charge in [-0.3, -0.25) is 9.59 Å². The zero-order chi connectivity index (χ0) is 18.8. The van der Waals surface area contributed by atoms with E-state index in [0.29, 0.717) is 12.0 Å². The van der Waals surface area contributed by atoms with Crippen LogP contribution < -0.4 is 5.32 Å². The molecule has 0 bridgehead atoms. The van der Waals surface area contributed by atoms with Gasteiger partial charge < -0.3 is 15.0 Å². The van der Waals surface area contributed by atoms with Crippen molar-refractivity contribution in [1.82, 2.24) is 10.2 Å². The summed E-state index contributed by atoms with van der Waals surface area (Å²) in [6, 6.07) is 6.62. The summed E-state index contributed by atoms with van der Waals surface area (Å²) >= 11 is 1.93. The van der Waals surface area contributed by atoms with Crippen LogP contribution in [0.3, 0.4) is 0 Å². The third-order valence-electron chi connectivity index (χ3n) is 3.69. The highest BCUT2D eigenvalue weighted by Crippen LogP contribution is 2.11. The van der Waals surface area contributed by atoms with Crippen LogP contribution in [0.2, 0.25) is 0 Å². The van der Waals surface area contributed by atoms with E-state index in [-0.39, 0.29) is 16.4 Å². The molecule has 2 amide bonds. The molecule has 0 aliphatic rings. The standard InChI is InChI=1S/C18H25IN2O4/c1-13(18(24)25-12-19)20-17(23)15-9-6-8-14(11-15)7-4-5-10-16(22)21(2)3/h6,8-9,11,13H,4-5,7,10,12H2,1-3H3,(H,20,23)/t13-/m1/s1. The van der Waals surface area contributed by atoms with Crippen molar-refractivity contribution in [2.24, 2.45) is 0 Å². The second-order valence-electron chi connectivity index (χ2n) is 5.96. The third-order valence-corrected chi connectivity index (χ3v) is 4.00. The van der Waals surface area contributed by atoms with Crippen molar-refractivity contribution in [1.29, 1.82) is 0 Å². The Bertz CT molecular complexity index is 604. The Labute approximate surface area is 162 Å². The Balaban J connectivity index is 2.52. The molecule has 0 saturated carbocycles. The van der Waals surface area contributed by atoms with Crippen LogP contribution in [0.1, 0.15) is 42.1 Å². The lowest BCUT2D eigenvalue weighted by molar-refractivity contribution is -0.142. The van der Waals surface area contributed by atoms with Crippen molar-refractivity contribution >= 4 is 40.4 Å². The van der Waals surface area contributed by atoms with Gasteiger partial charge in [0.1, 0.15) is 10.7 Å². The number of nitrogens with one attached hydrogen (secondary N) is 1. The fourth-order valence-electron chi connectivity index (χ4n) is 2.21. The van der Waals surface area contributed by atoms with Gasteiger partial charge in [-0.05, 0) is 66.5 Å². The molecule has 1 atom stereocenters. The maximum Gasteiger partial charge on any atom is 0.329 e. The molecule has 1 N–H and O–H groups in total. The molecule has 0 unspecified atom stereocenters. The molecule has 1 aromatic rings. The molecule has 138 valence electrons. The van der Waals surface area contributed by atoms with Gasteiger partial charge in [-0.25, -0.2) is 4.79 Å². The van der Waals surface area contributed by atoms with E-state index in [1.807, 2.05) is 40.8 Å². The number of amides is 2. The molecule has 0 heterocycles. The molecular weight excluding hydrogens is 435 g/mol. The van der Waals surface area contributed by atoms with Crippen LogP contribution in [-0.2, 0) is 20.7 Å². The average Bonchev–Trinajstić information content (AvgIpc) is 2.58. The van der Waals surface area contributed by atoms with Crippen molar-refractivity contribution in [3.05, 3.63) is 35.4 Å². The minimum Gasteiger partial charge on any atom is -0.453 e. The molecule has 25 heavy (non-hydrogen) atoms. The second kappa shape index (κ2) is 11.1. The number of halogens is 1. The molecule has 1 rings (SSSR count). The number of carbonyl (C=O) groups excluding carboxylic acids is 3. The monoisotopic (exact) mass is 460 g/mol. The number of aryl methyl sites for hydroxylation is 1. The molecule has 0 aromatic heterocycles. The number of unbranched alkanes of at least 4 members (excludes halogenated alkanes) is 1. The number of benzene rings is 1. The minimum atomic E-state index is -0.692. The number of esters is 1. The van der Waals surface area contributed by atoms with Crippen LogP contribution in [0, 0.1) is 0 Å². The van der Waals surface area contributed by atoms with Crippen LogP contribution in [0.15, 0.2) is 24.3 Å². The number of carbonyl (C=O) groups is 3. The van der Waals surface area contributed by atoms with Crippen molar-refractivity contribution < 1.29 is 19.1 Å². The summed E-state index contributed by atoms with van der Waals surface area (Å²) in [6.45, 7) is 1.60. The fraction of sp³-hybridized carbons (Fsp3) is 0.500. The Kier molecular flexibility index (Phi) is 9.48. The molecular formula is C18H25IN2O4. The van der Waals surface area contributed by atoms with E-state index in [9.17, 15) is 14.4 Å². The predicted molar refractivity (Wildman–Crippen MR) is 105 cm³/mol. The van der Waals surface area contributed by atoms with E-state index < -0.39 is 12.0 Å². The van der Waals surface area contributed by atoms with Crippen LogP contribution in [0.5, 0.6) is 0 Å². The first kappa shape index (κ1) is 21.4. The van der Waals surface area contributed by atoms with Crippen molar-refractivity contribution in [3.8, 4) is 0 Å². The molecule has 1 aromatic carbocycles. The van der Waals surface area contributed by atoms with Crippen LogP contribution >= 0.6 is 22.6 Å². The summed E-state index contributed by atoms with van der Waals surface area (Å²) in [6.07, 6.45) is 3.02. The lowest BCUT2D eigenvalue weighted by Gasteiger charge is -2.13. The van der Waals surface area contributed by atoms with Crippen molar-refractivity contribution in [2.75, 3.05) is 18.7 Å². The Morgan fingerprint density at radius 3 is 2.60 bits per heavy atom. The second-order valence-corrected chi connectivity index (χ2v) is 6.59. The smallest absolute Gasteiger partial charge is 0.329 e. The van der Waals surface area contributed by atoms with Gasteiger partial charge in [-0.2, -0.15) is 0 Å². The normalized spacial score (nSPS) is 11.5. The van der Waals surface area contributed by atoms with E-state index in [0.717, 1.165) is 24.8 Å². The zero-order valence-electron chi connectivity index (χ0n) is 14.9. The number of ether oxygens (including phenoxy) is 1. The molecule has 0 spiro atoms. The van der Waals surface area contributed by atoms with Gasteiger partial charge in [0.2, 0.25) is 5.91 Å². The Hall–Kier alpha value is -1.64. The summed E-state index contributed by atoms with van der Waals surface area (Å²) in [5, 5.41) is 2.64. The molecule has 0 radical (unpaired) electrons. The molecule has 0 aliphatic heterocycles. The number of alkyl halides is 1. The van der Waals surface area contributed by atoms with Gasteiger partial charge in [0, 0.05) is 26.1 Å². The highest BCUT2D eigenvalue weighted by molar-refractivity contribution is 14.1. The van der Waals surface area contributed by atoms with Gasteiger partial charge in [0.15, 0.2) is 0 Å². The largest absolute Gasteiger partial charge is 0.453 e. The summed E-state index contributed by atoms with van der Waals surface area (Å²) in [5.41, 5.74) is 1.54. The Morgan fingerprint density at radius 1 is 1.24 bits per heavy atom. The van der Waals surface area contributed by atoms with E-state index >= 15 is 0 Å². The fourth-order valence-corrected chi connectivity index (χ4v) is 2.52. The summed E-state index contributed by atoms with van der Waals surface area (Å²) < 4.78 is 5.12. The number of hydrogen-bond acceptors (Lipinski definition) is 4. The first-order valence-electron chi connectivity index (χ1n) is 8.17. The Morgan fingerprint density at radius 2 is 1.96 bits per heavy atom. The van der Waals surface area contributed by atoms with Crippen molar-refractivity contribution in [2.45, 2.75) is 38.6 Å². The predicted octanol–water partition coefficient (Wildman–Crippen LogP) is 2.54. The topological polar surface area (TPSA) is 75.7 Å². The van der Waals surface area contributed by atoms with Crippen molar-refractivity contribution in [3.63, 3.8) is 0 Å². The molecule has 6 nitrogen and oxygen atoms in total. The third kappa shape index (κ3) is 7.85. The lowest BCUT2D eigenvalue weighted by Crippen LogP contribution is -2.39. The zero-order valence-corrected chi connectivity index (χ0v) is 17.0. The van der Waals surface area contributed by atoms with Crippen LogP contribution in [0.4, 0.5) is 0 Å². The molecule has 7 heteroatoms. The maximum atomic E-state index is 12.2. The first-order chi connectivity index (χ1) is 11.8. The summed E-state index contributed by atoms with van der Waals surface area (Å²) in [7, 11) is 3.50. The number of hydrogen-bond donors (Lipinski definition) is 1. The van der Waals surface area contributed by atoms with E-state index in [1.165, 1.54) is 0 Å². The minimum absolute atomic E-state index is 0.125. The van der Waals surface area contributed by atoms with Gasteiger partial charge in [-0.15, -0.1) is 0 Å². The van der Waals surface area contributed by atoms with E-state index in [2.05, 4.69) is 5.32 Å². The molecule has 0 saturated heterocycles. The number of rotatable bonds is 9. The van der Waals surface area contributed by atoms with Gasteiger partial charge in [-0.1, -0.05) is 12.1 Å². The number of nitrogens with zero attached hydrogens (tertiary/aromatic N) is 1. The van der Waals surface area contributed by atoms with E-state index in [1.54, 1.807) is 32.0 Å². The maximum absolute atomic E-state index is 12.2. The van der Waals surface area contributed by atoms with Gasteiger partial charge in [0.25, 0.3) is 5.91 Å². The lowest BCUT2D eigenvalue weighted by atomic mass is 10.0. The SMILES string of the molecule is C[C@@H](NC(=O)c1cccc(CCCCC(=O)N(C)C)c1)C(=O)OCI. The molecule has 0 aliphatic carbocycles. The summed E-state index contributed by atoms with van der Waals surface area (Å²) in [5.74, 6) is -0.632. The first-order valence-corrected chi connectivity index (χ1v) is 9.70. The van der Waals surface area contributed by atoms with Gasteiger partial charge in [0.05, 0.1) is 0 Å². The van der Waals surface area contributed by atoms with Gasteiger partial charge >= 0.3 is 5.97 Å². The van der Waals surface area contributed by atoms with Crippen LogP contribution in [0.25, 0.3) is 0 Å². The summed E-state index contributed by atoms with van der Waals surface area (Å²) in [4.78, 5) is 36.9. The highest BCUT2D eigenvalue weighted by Gasteiger charge is 2.17. The van der Waals surface area contributed by atoms with E-state index in [4.69, 9.17) is 4.74 Å². The molecule has 0 fully saturated rings. The highest BCUT2D eigenvalue weighted by atomic mass is 127. The quantitative estimate of drug-likeness (QED) is 0.266. The average molecular weight is 460 g/mol.